The molecule has 0 saturated heterocycles. The first-order valence-electron chi connectivity index (χ1n) is 4.50. The van der Waals surface area contributed by atoms with Crippen molar-refractivity contribution in [2.75, 3.05) is 12.9 Å². The molecule has 0 fully saturated rings. The predicted octanol–water partition coefficient (Wildman–Crippen LogP) is 1.55. The maximum Gasteiger partial charge on any atom is 0.281 e. The van der Waals surface area contributed by atoms with E-state index >= 15 is 0 Å². The van der Waals surface area contributed by atoms with Gasteiger partial charge in [0.2, 0.25) is 0 Å². The highest BCUT2D eigenvalue weighted by molar-refractivity contribution is 7.98. The Bertz CT molecular complexity index is 237. The quantitative estimate of drug-likeness (QED) is 0.559. The van der Waals surface area contributed by atoms with Crippen molar-refractivity contribution in [1.29, 1.82) is 0 Å². The van der Waals surface area contributed by atoms with Crippen molar-refractivity contribution in [2.24, 2.45) is 0 Å². The Morgan fingerprint density at radius 3 is 3.15 bits per heavy atom. The number of rotatable bonds is 6. The van der Waals surface area contributed by atoms with Gasteiger partial charge in [0.05, 0.1) is 0 Å². The van der Waals surface area contributed by atoms with E-state index in [1.54, 1.807) is 7.11 Å². The van der Waals surface area contributed by atoms with Crippen LogP contribution >= 0.6 is 11.8 Å². The summed E-state index contributed by atoms with van der Waals surface area (Å²) >= 11 is 1.94. The van der Waals surface area contributed by atoms with Gasteiger partial charge in [-0.05, 0) is 12.2 Å². The van der Waals surface area contributed by atoms with Crippen LogP contribution in [0.25, 0.3) is 0 Å². The second-order valence-electron chi connectivity index (χ2n) is 2.85. The third kappa shape index (κ3) is 3.40. The van der Waals surface area contributed by atoms with E-state index in [2.05, 4.69) is 22.7 Å². The van der Waals surface area contributed by atoms with E-state index in [-0.39, 0.29) is 0 Å². The highest BCUT2D eigenvalue weighted by atomic mass is 32.2. The third-order valence-corrected chi connectivity index (χ3v) is 2.87. The van der Waals surface area contributed by atoms with E-state index in [0.29, 0.717) is 6.61 Å². The minimum atomic E-state index is 0.652. The Labute approximate surface area is 83.5 Å². The lowest BCUT2D eigenvalue weighted by molar-refractivity contribution is -0.684. The van der Waals surface area contributed by atoms with Crippen LogP contribution in [0.4, 0.5) is 0 Å². The summed E-state index contributed by atoms with van der Waals surface area (Å²) in [5, 5.41) is 0. The predicted molar refractivity (Wildman–Crippen MR) is 54.4 cm³/mol. The van der Waals surface area contributed by atoms with Crippen molar-refractivity contribution >= 4 is 11.8 Å². The molecule has 1 aromatic rings. The summed E-state index contributed by atoms with van der Waals surface area (Å²) in [5.74, 6) is 3.35. The molecule has 0 radical (unpaired) electrons. The van der Waals surface area contributed by atoms with Crippen molar-refractivity contribution in [1.82, 2.24) is 4.98 Å². The summed E-state index contributed by atoms with van der Waals surface area (Å²) in [6.45, 7) is 2.85. The molecule has 4 heteroatoms. The van der Waals surface area contributed by atoms with Gasteiger partial charge in [-0.25, -0.2) is 9.55 Å². The standard InChI is InChI=1S/C9H16N2OS/c1-3-6-13-8-11-5-4-10-9(11)7-12-2/h4-5H,3,6-8H2,1-2H3/p+1. The average Bonchev–Trinajstić information content (AvgIpc) is 2.54. The number of aromatic amines is 1. The molecule has 74 valence electrons. The molecule has 0 saturated carbocycles. The van der Waals surface area contributed by atoms with Crippen molar-refractivity contribution in [3.8, 4) is 0 Å². The zero-order valence-corrected chi connectivity index (χ0v) is 9.06. The number of aromatic nitrogens is 2. The van der Waals surface area contributed by atoms with Crippen LogP contribution in [0, 0.1) is 0 Å². The fraction of sp³-hybridized carbons (Fsp3) is 0.667. The molecule has 0 bridgehead atoms. The van der Waals surface area contributed by atoms with E-state index in [0.717, 1.165) is 11.7 Å². The van der Waals surface area contributed by atoms with Gasteiger partial charge >= 0.3 is 0 Å². The lowest BCUT2D eigenvalue weighted by Crippen LogP contribution is -2.34. The fourth-order valence-corrected chi connectivity index (χ4v) is 1.94. The minimum absolute atomic E-state index is 0.652. The van der Waals surface area contributed by atoms with Crippen LogP contribution in [0.1, 0.15) is 19.2 Å². The summed E-state index contributed by atoms with van der Waals surface area (Å²) < 4.78 is 7.26. The van der Waals surface area contributed by atoms with Crippen molar-refractivity contribution < 1.29 is 9.30 Å². The molecule has 1 heterocycles. The summed E-state index contributed by atoms with van der Waals surface area (Å²) in [5.41, 5.74) is 0. The number of imidazole rings is 1. The second kappa shape index (κ2) is 6.05. The summed E-state index contributed by atoms with van der Waals surface area (Å²) in [6, 6.07) is 0. The Morgan fingerprint density at radius 2 is 2.46 bits per heavy atom. The van der Waals surface area contributed by atoms with Gasteiger partial charge in [0.1, 0.15) is 24.9 Å². The molecular weight excluding hydrogens is 184 g/mol. The minimum Gasteiger partial charge on any atom is -0.372 e. The van der Waals surface area contributed by atoms with E-state index < -0.39 is 0 Å². The summed E-state index contributed by atoms with van der Waals surface area (Å²) in [6.07, 6.45) is 5.23. The van der Waals surface area contributed by atoms with Gasteiger partial charge in [0, 0.05) is 7.11 Å². The van der Waals surface area contributed by atoms with E-state index in [1.807, 2.05) is 18.0 Å². The number of ether oxygens (including phenoxy) is 1. The number of hydrogen-bond acceptors (Lipinski definition) is 2. The van der Waals surface area contributed by atoms with Gasteiger partial charge in [-0.3, -0.25) is 0 Å². The summed E-state index contributed by atoms with van der Waals surface area (Å²) in [7, 11) is 1.71. The second-order valence-corrected chi connectivity index (χ2v) is 3.92. The molecule has 0 atom stereocenters. The topological polar surface area (TPSA) is 28.9 Å². The van der Waals surface area contributed by atoms with Crippen LogP contribution in [-0.2, 0) is 17.2 Å². The van der Waals surface area contributed by atoms with Crippen molar-refractivity contribution in [3.05, 3.63) is 18.2 Å². The number of H-pyrrole nitrogens is 1. The number of thioether (sulfide) groups is 1. The van der Waals surface area contributed by atoms with Crippen LogP contribution in [0.2, 0.25) is 0 Å². The molecule has 0 aromatic carbocycles. The van der Waals surface area contributed by atoms with E-state index in [1.165, 1.54) is 12.2 Å². The highest BCUT2D eigenvalue weighted by Gasteiger charge is 2.08. The summed E-state index contributed by atoms with van der Waals surface area (Å²) in [4.78, 5) is 3.16. The molecule has 0 spiro atoms. The molecule has 3 nitrogen and oxygen atoms in total. The van der Waals surface area contributed by atoms with Gasteiger partial charge in [-0.15, -0.1) is 11.8 Å². The Kier molecular flexibility index (Phi) is 4.93. The van der Waals surface area contributed by atoms with Crippen LogP contribution in [0.15, 0.2) is 12.4 Å². The Hall–Kier alpha value is -0.480. The molecular formula is C9H17N2OS+. The molecule has 0 amide bonds. The maximum atomic E-state index is 5.07. The van der Waals surface area contributed by atoms with Gasteiger partial charge < -0.3 is 4.74 Å². The first kappa shape index (κ1) is 10.6. The molecule has 0 aliphatic heterocycles. The number of hydrogen-bond donors (Lipinski definition) is 1. The average molecular weight is 201 g/mol. The molecule has 0 aliphatic carbocycles. The van der Waals surface area contributed by atoms with Crippen molar-refractivity contribution in [2.45, 2.75) is 25.8 Å². The van der Waals surface area contributed by atoms with Gasteiger partial charge in [0.25, 0.3) is 5.82 Å². The molecule has 1 aromatic heterocycles. The maximum absolute atomic E-state index is 5.07. The third-order valence-electron chi connectivity index (χ3n) is 1.71. The smallest absolute Gasteiger partial charge is 0.281 e. The lowest BCUT2D eigenvalue weighted by Gasteiger charge is -1.99. The first-order valence-corrected chi connectivity index (χ1v) is 5.66. The molecule has 0 aliphatic rings. The lowest BCUT2D eigenvalue weighted by atomic mass is 10.6. The van der Waals surface area contributed by atoms with Crippen LogP contribution in [0.3, 0.4) is 0 Å². The zero-order chi connectivity index (χ0) is 9.52. The number of nitrogens with zero attached hydrogens (tertiary/aromatic N) is 1. The highest BCUT2D eigenvalue weighted by Crippen LogP contribution is 2.02. The van der Waals surface area contributed by atoms with Crippen LogP contribution < -0.4 is 4.57 Å². The normalized spacial score (nSPS) is 10.6. The van der Waals surface area contributed by atoms with Gasteiger partial charge in [-0.1, -0.05) is 6.92 Å². The van der Waals surface area contributed by atoms with E-state index in [9.17, 15) is 0 Å². The van der Waals surface area contributed by atoms with Gasteiger partial charge in [-0.2, -0.15) is 0 Å². The Morgan fingerprint density at radius 1 is 1.62 bits per heavy atom. The van der Waals surface area contributed by atoms with Crippen molar-refractivity contribution in [3.63, 3.8) is 0 Å². The zero-order valence-electron chi connectivity index (χ0n) is 8.25. The molecule has 1 rings (SSSR count). The first-order chi connectivity index (χ1) is 6.38. The Balaban J connectivity index is 2.40. The molecule has 1 N–H and O–H groups in total. The SMILES string of the molecule is CCCSC[n+]1cc[nH]c1COC. The monoisotopic (exact) mass is 201 g/mol. The van der Waals surface area contributed by atoms with Gasteiger partial charge in [0.15, 0.2) is 0 Å². The number of nitrogens with one attached hydrogen (secondary N) is 1. The van der Waals surface area contributed by atoms with Crippen LogP contribution in [-0.4, -0.2) is 17.8 Å². The molecule has 0 unspecified atom stereocenters. The fourth-order valence-electron chi connectivity index (χ4n) is 1.09. The van der Waals surface area contributed by atoms with E-state index in [4.69, 9.17) is 4.74 Å². The molecule has 13 heavy (non-hydrogen) atoms. The largest absolute Gasteiger partial charge is 0.372 e. The van der Waals surface area contributed by atoms with Crippen LogP contribution in [0.5, 0.6) is 0 Å². The number of methoxy groups -OCH3 is 1.